The van der Waals surface area contributed by atoms with Crippen LogP contribution >= 0.6 is 11.6 Å². The van der Waals surface area contributed by atoms with Gasteiger partial charge in [-0.1, -0.05) is 6.42 Å². The summed E-state index contributed by atoms with van der Waals surface area (Å²) in [6.07, 6.45) is 6.51. The third kappa shape index (κ3) is 2.78. The monoisotopic (exact) mass is 230 g/mol. The Kier molecular flexibility index (Phi) is 3.36. The first kappa shape index (κ1) is 10.6. The van der Waals surface area contributed by atoms with Crippen molar-refractivity contribution in [2.45, 2.75) is 38.2 Å². The van der Waals surface area contributed by atoms with E-state index in [4.69, 9.17) is 16.3 Å². The Morgan fingerprint density at radius 1 is 1.33 bits per heavy atom. The maximum absolute atomic E-state index is 13.2. The van der Waals surface area contributed by atoms with Gasteiger partial charge in [0.15, 0.2) is 0 Å². The molecule has 1 saturated carbocycles. The summed E-state index contributed by atoms with van der Waals surface area (Å²) >= 11 is 5.57. The molecule has 2 rings (SSSR count). The number of nitrogens with zero attached hydrogens (tertiary/aromatic N) is 2. The van der Waals surface area contributed by atoms with E-state index in [2.05, 4.69) is 9.97 Å². The van der Waals surface area contributed by atoms with E-state index in [0.717, 1.165) is 31.9 Å². The SMILES string of the molecule is Fc1cnc(Cl)nc1OC1CCCCC1. The van der Waals surface area contributed by atoms with Gasteiger partial charge in [0.2, 0.25) is 11.1 Å². The fourth-order valence-corrected chi connectivity index (χ4v) is 1.88. The van der Waals surface area contributed by atoms with Crippen molar-refractivity contribution >= 4 is 11.6 Å². The largest absolute Gasteiger partial charge is 0.472 e. The Balaban J connectivity index is 2.05. The fourth-order valence-electron chi connectivity index (χ4n) is 1.75. The molecule has 0 saturated heterocycles. The molecule has 0 radical (unpaired) electrons. The highest BCUT2D eigenvalue weighted by Crippen LogP contribution is 2.24. The zero-order chi connectivity index (χ0) is 10.7. The first-order chi connectivity index (χ1) is 7.25. The molecule has 1 heterocycles. The fraction of sp³-hybridized carbons (Fsp3) is 0.600. The van der Waals surface area contributed by atoms with Crippen molar-refractivity contribution in [1.29, 1.82) is 0 Å². The Labute approximate surface area is 92.6 Å². The Morgan fingerprint density at radius 2 is 2.07 bits per heavy atom. The smallest absolute Gasteiger partial charge is 0.255 e. The molecule has 1 aromatic heterocycles. The average Bonchev–Trinajstić information content (AvgIpc) is 2.25. The topological polar surface area (TPSA) is 35.0 Å². The molecule has 15 heavy (non-hydrogen) atoms. The number of ether oxygens (including phenoxy) is 1. The van der Waals surface area contributed by atoms with Crippen LogP contribution in [0.1, 0.15) is 32.1 Å². The van der Waals surface area contributed by atoms with E-state index in [1.165, 1.54) is 6.42 Å². The second-order valence-electron chi connectivity index (χ2n) is 3.67. The number of aromatic nitrogens is 2. The van der Waals surface area contributed by atoms with Crippen LogP contribution in [0.2, 0.25) is 5.28 Å². The van der Waals surface area contributed by atoms with Gasteiger partial charge in [0.05, 0.1) is 6.20 Å². The molecule has 1 aliphatic carbocycles. The highest BCUT2D eigenvalue weighted by Gasteiger charge is 2.17. The Bertz CT molecular complexity index is 342. The lowest BCUT2D eigenvalue weighted by molar-refractivity contribution is 0.141. The lowest BCUT2D eigenvalue weighted by Gasteiger charge is -2.22. The van der Waals surface area contributed by atoms with E-state index in [-0.39, 0.29) is 17.3 Å². The molecule has 0 N–H and O–H groups in total. The molecule has 1 aromatic rings. The van der Waals surface area contributed by atoms with E-state index >= 15 is 0 Å². The molecule has 0 bridgehead atoms. The molecule has 3 nitrogen and oxygen atoms in total. The van der Waals surface area contributed by atoms with Crippen molar-refractivity contribution < 1.29 is 9.13 Å². The Morgan fingerprint density at radius 3 is 2.80 bits per heavy atom. The molecule has 0 amide bonds. The van der Waals surface area contributed by atoms with Crippen LogP contribution in [0.4, 0.5) is 4.39 Å². The quantitative estimate of drug-likeness (QED) is 0.733. The number of halogens is 2. The maximum atomic E-state index is 13.2. The summed E-state index contributed by atoms with van der Waals surface area (Å²) in [7, 11) is 0. The summed E-state index contributed by atoms with van der Waals surface area (Å²) in [5, 5.41) is 0.0159. The molecule has 1 fully saturated rings. The van der Waals surface area contributed by atoms with Crippen molar-refractivity contribution in [3.8, 4) is 5.88 Å². The molecule has 5 heteroatoms. The minimum atomic E-state index is -0.551. The van der Waals surface area contributed by atoms with Crippen LogP contribution in [-0.4, -0.2) is 16.1 Å². The van der Waals surface area contributed by atoms with Crippen LogP contribution in [0.15, 0.2) is 6.20 Å². The standard InChI is InChI=1S/C10H12ClFN2O/c11-10-13-6-8(12)9(14-10)15-7-4-2-1-3-5-7/h6-7H,1-5H2. The molecule has 82 valence electrons. The molecule has 0 unspecified atom stereocenters. The summed E-state index contributed by atoms with van der Waals surface area (Å²) in [4.78, 5) is 7.26. The van der Waals surface area contributed by atoms with Crippen LogP contribution in [-0.2, 0) is 0 Å². The van der Waals surface area contributed by atoms with Gasteiger partial charge in [-0.25, -0.2) is 4.98 Å². The second-order valence-corrected chi connectivity index (χ2v) is 4.01. The van der Waals surface area contributed by atoms with Gasteiger partial charge >= 0.3 is 0 Å². The second kappa shape index (κ2) is 4.75. The van der Waals surface area contributed by atoms with Crippen molar-refractivity contribution in [1.82, 2.24) is 9.97 Å². The minimum Gasteiger partial charge on any atom is -0.472 e. The predicted octanol–water partition coefficient (Wildman–Crippen LogP) is 2.98. The third-order valence-corrected chi connectivity index (χ3v) is 2.70. The van der Waals surface area contributed by atoms with Crippen LogP contribution in [0.25, 0.3) is 0 Å². The molecule has 0 aliphatic heterocycles. The van der Waals surface area contributed by atoms with Gasteiger partial charge in [-0.15, -0.1) is 0 Å². The summed E-state index contributed by atoms with van der Waals surface area (Å²) in [5.74, 6) is -0.577. The molecule has 0 atom stereocenters. The lowest BCUT2D eigenvalue weighted by atomic mass is 9.98. The Hall–Kier alpha value is -0.900. The lowest BCUT2D eigenvalue weighted by Crippen LogP contribution is -2.20. The summed E-state index contributed by atoms with van der Waals surface area (Å²) in [5.41, 5.74) is 0. The van der Waals surface area contributed by atoms with Crippen LogP contribution in [0, 0.1) is 5.82 Å². The number of hydrogen-bond donors (Lipinski definition) is 0. The van der Waals surface area contributed by atoms with Crippen LogP contribution < -0.4 is 4.74 Å². The average molecular weight is 231 g/mol. The van der Waals surface area contributed by atoms with E-state index in [0.29, 0.717) is 0 Å². The van der Waals surface area contributed by atoms with Crippen LogP contribution in [0.3, 0.4) is 0 Å². The van der Waals surface area contributed by atoms with Gasteiger partial charge in [0, 0.05) is 0 Å². The van der Waals surface area contributed by atoms with Gasteiger partial charge in [0.25, 0.3) is 5.88 Å². The maximum Gasteiger partial charge on any atom is 0.255 e. The van der Waals surface area contributed by atoms with E-state index in [1.807, 2.05) is 0 Å². The number of hydrogen-bond acceptors (Lipinski definition) is 3. The minimum absolute atomic E-state index is 0.0159. The number of rotatable bonds is 2. The summed E-state index contributed by atoms with van der Waals surface area (Å²) in [6, 6.07) is 0. The van der Waals surface area contributed by atoms with E-state index < -0.39 is 5.82 Å². The first-order valence-electron chi connectivity index (χ1n) is 5.10. The zero-order valence-corrected chi connectivity index (χ0v) is 9.00. The van der Waals surface area contributed by atoms with E-state index in [9.17, 15) is 4.39 Å². The highest BCUT2D eigenvalue weighted by molar-refractivity contribution is 6.28. The van der Waals surface area contributed by atoms with Crippen molar-refractivity contribution in [3.05, 3.63) is 17.3 Å². The van der Waals surface area contributed by atoms with Gasteiger partial charge in [0.1, 0.15) is 6.10 Å². The third-order valence-electron chi connectivity index (χ3n) is 2.51. The normalized spacial score (nSPS) is 17.7. The summed E-state index contributed by atoms with van der Waals surface area (Å²) in [6.45, 7) is 0. The summed E-state index contributed by atoms with van der Waals surface area (Å²) < 4.78 is 18.7. The molecule has 0 spiro atoms. The van der Waals surface area contributed by atoms with Crippen LogP contribution in [0.5, 0.6) is 5.88 Å². The molecular formula is C10H12ClFN2O. The predicted molar refractivity (Wildman–Crippen MR) is 54.5 cm³/mol. The van der Waals surface area contributed by atoms with Crippen molar-refractivity contribution in [2.75, 3.05) is 0 Å². The highest BCUT2D eigenvalue weighted by atomic mass is 35.5. The zero-order valence-electron chi connectivity index (χ0n) is 8.25. The molecular weight excluding hydrogens is 219 g/mol. The van der Waals surface area contributed by atoms with Gasteiger partial charge in [-0.2, -0.15) is 9.37 Å². The van der Waals surface area contributed by atoms with Gasteiger partial charge in [-0.3, -0.25) is 0 Å². The first-order valence-corrected chi connectivity index (χ1v) is 5.48. The van der Waals surface area contributed by atoms with E-state index in [1.54, 1.807) is 0 Å². The molecule has 1 aliphatic rings. The van der Waals surface area contributed by atoms with Crippen molar-refractivity contribution in [3.63, 3.8) is 0 Å². The molecule has 0 aromatic carbocycles. The van der Waals surface area contributed by atoms with Gasteiger partial charge in [-0.05, 0) is 37.3 Å². The van der Waals surface area contributed by atoms with Crippen molar-refractivity contribution in [2.24, 2.45) is 0 Å². The van der Waals surface area contributed by atoms with Gasteiger partial charge < -0.3 is 4.74 Å².